The van der Waals surface area contributed by atoms with E-state index in [1.165, 1.54) is 11.1 Å². The molecule has 0 radical (unpaired) electrons. The van der Waals surface area contributed by atoms with Gasteiger partial charge in [0.1, 0.15) is 5.76 Å². The molecule has 1 aromatic carbocycles. The van der Waals surface area contributed by atoms with Crippen molar-refractivity contribution in [3.63, 3.8) is 0 Å². The highest BCUT2D eigenvalue weighted by Gasteiger charge is 2.28. The van der Waals surface area contributed by atoms with Crippen molar-refractivity contribution in [2.24, 2.45) is 11.8 Å². The van der Waals surface area contributed by atoms with Crippen LogP contribution in [0.3, 0.4) is 0 Å². The van der Waals surface area contributed by atoms with E-state index in [0.717, 1.165) is 25.0 Å². The van der Waals surface area contributed by atoms with Gasteiger partial charge in [0.15, 0.2) is 0 Å². The number of nitrogens with one attached hydrogen (secondary N) is 1. The Morgan fingerprint density at radius 1 is 1.17 bits per heavy atom. The summed E-state index contributed by atoms with van der Waals surface area (Å²) in [7, 11) is 0. The van der Waals surface area contributed by atoms with Gasteiger partial charge in [-0.3, -0.25) is 5.84 Å². The van der Waals surface area contributed by atoms with Crippen molar-refractivity contribution < 1.29 is 4.42 Å². The molecule has 1 aliphatic rings. The number of hydrogen-bond donors (Lipinski definition) is 2. The summed E-state index contributed by atoms with van der Waals surface area (Å²) in [6.45, 7) is 0. The first-order chi connectivity index (χ1) is 8.88. The van der Waals surface area contributed by atoms with Crippen molar-refractivity contribution in [3.8, 4) is 0 Å². The molecule has 2 aromatic rings. The number of nitrogens with two attached hydrogens (primary N) is 1. The van der Waals surface area contributed by atoms with Gasteiger partial charge in [0.2, 0.25) is 0 Å². The van der Waals surface area contributed by atoms with Crippen molar-refractivity contribution >= 4 is 0 Å². The minimum absolute atomic E-state index is 0.105. The molecule has 0 spiro atoms. The standard InChI is InChI=1S/C15H18N2O/c16-17-15(14-6-3-9-18-14)13-8-7-11-4-1-2-5-12(11)10-13/h1-6,9,13,15,17H,7-8,10,16H2. The zero-order valence-electron chi connectivity index (χ0n) is 10.3. The van der Waals surface area contributed by atoms with Crippen LogP contribution >= 0.6 is 0 Å². The molecule has 3 N–H and O–H groups in total. The maximum absolute atomic E-state index is 5.70. The molecule has 0 bridgehead atoms. The van der Waals surface area contributed by atoms with Crippen molar-refractivity contribution in [2.75, 3.05) is 0 Å². The molecule has 3 nitrogen and oxygen atoms in total. The summed E-state index contributed by atoms with van der Waals surface area (Å²) >= 11 is 0. The Hall–Kier alpha value is -1.58. The van der Waals surface area contributed by atoms with Crippen LogP contribution in [-0.4, -0.2) is 0 Å². The first-order valence-corrected chi connectivity index (χ1v) is 6.45. The number of hydrazine groups is 1. The van der Waals surface area contributed by atoms with E-state index >= 15 is 0 Å². The van der Waals surface area contributed by atoms with Crippen LogP contribution in [0.5, 0.6) is 0 Å². The molecular formula is C15H18N2O. The predicted molar refractivity (Wildman–Crippen MR) is 70.7 cm³/mol. The van der Waals surface area contributed by atoms with Gasteiger partial charge in [0.05, 0.1) is 12.3 Å². The highest BCUT2D eigenvalue weighted by atomic mass is 16.3. The summed E-state index contributed by atoms with van der Waals surface area (Å²) in [5.74, 6) is 7.13. The minimum atomic E-state index is 0.105. The van der Waals surface area contributed by atoms with Crippen LogP contribution < -0.4 is 11.3 Å². The van der Waals surface area contributed by atoms with Crippen LogP contribution in [0, 0.1) is 5.92 Å². The fraction of sp³-hybridized carbons (Fsp3) is 0.333. The Balaban J connectivity index is 1.82. The van der Waals surface area contributed by atoms with Crippen molar-refractivity contribution in [1.82, 2.24) is 5.43 Å². The number of aryl methyl sites for hydroxylation is 1. The molecule has 0 fully saturated rings. The predicted octanol–water partition coefficient (Wildman–Crippen LogP) is 2.59. The topological polar surface area (TPSA) is 51.2 Å². The maximum atomic E-state index is 5.70. The summed E-state index contributed by atoms with van der Waals surface area (Å²) in [4.78, 5) is 0. The lowest BCUT2D eigenvalue weighted by Crippen LogP contribution is -2.35. The van der Waals surface area contributed by atoms with E-state index in [1.54, 1.807) is 6.26 Å². The number of furan rings is 1. The van der Waals surface area contributed by atoms with Crippen LogP contribution in [0.4, 0.5) is 0 Å². The molecule has 94 valence electrons. The second-order valence-electron chi connectivity index (χ2n) is 4.93. The van der Waals surface area contributed by atoms with Crippen molar-refractivity contribution in [3.05, 3.63) is 59.5 Å². The van der Waals surface area contributed by atoms with E-state index < -0.39 is 0 Å². The average Bonchev–Trinajstić information content (AvgIpc) is 2.93. The van der Waals surface area contributed by atoms with Gasteiger partial charge in [-0.1, -0.05) is 24.3 Å². The number of rotatable bonds is 3. The molecule has 2 unspecified atom stereocenters. The first-order valence-electron chi connectivity index (χ1n) is 6.45. The molecule has 1 heterocycles. The molecule has 2 atom stereocenters. The molecule has 1 aliphatic carbocycles. The summed E-state index contributed by atoms with van der Waals surface area (Å²) < 4.78 is 5.49. The molecule has 3 heteroatoms. The van der Waals surface area contributed by atoms with E-state index in [1.807, 2.05) is 12.1 Å². The van der Waals surface area contributed by atoms with E-state index in [0.29, 0.717) is 5.92 Å². The monoisotopic (exact) mass is 242 g/mol. The Morgan fingerprint density at radius 3 is 2.72 bits per heavy atom. The molecule has 3 rings (SSSR count). The van der Waals surface area contributed by atoms with E-state index in [9.17, 15) is 0 Å². The van der Waals surface area contributed by atoms with Crippen LogP contribution in [0.25, 0.3) is 0 Å². The third kappa shape index (κ3) is 2.07. The highest BCUT2D eigenvalue weighted by Crippen LogP contribution is 2.33. The third-order valence-electron chi connectivity index (χ3n) is 3.89. The zero-order valence-corrected chi connectivity index (χ0v) is 10.3. The minimum Gasteiger partial charge on any atom is -0.468 e. The second kappa shape index (κ2) is 4.96. The van der Waals surface area contributed by atoms with Gasteiger partial charge < -0.3 is 4.42 Å². The van der Waals surface area contributed by atoms with Gasteiger partial charge in [-0.2, -0.15) is 0 Å². The molecule has 0 saturated heterocycles. The second-order valence-corrected chi connectivity index (χ2v) is 4.93. The lowest BCUT2D eigenvalue weighted by molar-refractivity contribution is 0.287. The molecular weight excluding hydrogens is 224 g/mol. The number of fused-ring (bicyclic) bond motifs is 1. The fourth-order valence-corrected chi connectivity index (χ4v) is 2.93. The first kappa shape index (κ1) is 11.5. The smallest absolute Gasteiger partial charge is 0.122 e. The van der Waals surface area contributed by atoms with Crippen LogP contribution in [-0.2, 0) is 12.8 Å². The van der Waals surface area contributed by atoms with Gasteiger partial charge in [-0.15, -0.1) is 0 Å². The van der Waals surface area contributed by atoms with Gasteiger partial charge in [0.25, 0.3) is 0 Å². The normalized spacial score (nSPS) is 20.4. The van der Waals surface area contributed by atoms with Gasteiger partial charge >= 0.3 is 0 Å². The van der Waals surface area contributed by atoms with Gasteiger partial charge in [-0.05, 0) is 48.4 Å². The molecule has 0 aliphatic heterocycles. The Kier molecular flexibility index (Phi) is 3.17. The largest absolute Gasteiger partial charge is 0.468 e. The van der Waals surface area contributed by atoms with E-state index in [-0.39, 0.29) is 6.04 Å². The lowest BCUT2D eigenvalue weighted by Gasteiger charge is -2.30. The Bertz CT molecular complexity index is 507. The SMILES string of the molecule is NNC(c1ccco1)C1CCc2ccccc2C1. The summed E-state index contributed by atoms with van der Waals surface area (Å²) in [5.41, 5.74) is 5.83. The lowest BCUT2D eigenvalue weighted by atomic mass is 9.79. The van der Waals surface area contributed by atoms with Crippen LogP contribution in [0.15, 0.2) is 47.1 Å². The fourth-order valence-electron chi connectivity index (χ4n) is 2.93. The summed E-state index contributed by atoms with van der Waals surface area (Å²) in [6, 6.07) is 12.7. The van der Waals surface area contributed by atoms with Crippen molar-refractivity contribution in [1.29, 1.82) is 0 Å². The molecule has 18 heavy (non-hydrogen) atoms. The summed E-state index contributed by atoms with van der Waals surface area (Å²) in [5, 5.41) is 0. The van der Waals surface area contributed by atoms with Crippen LogP contribution in [0.1, 0.15) is 29.3 Å². The summed E-state index contributed by atoms with van der Waals surface area (Å²) in [6.07, 6.45) is 5.04. The highest BCUT2D eigenvalue weighted by molar-refractivity contribution is 5.30. The van der Waals surface area contributed by atoms with Gasteiger partial charge in [-0.25, -0.2) is 5.43 Å². The van der Waals surface area contributed by atoms with Crippen molar-refractivity contribution in [2.45, 2.75) is 25.3 Å². The number of benzene rings is 1. The quantitative estimate of drug-likeness (QED) is 0.642. The molecule has 0 saturated carbocycles. The van der Waals surface area contributed by atoms with E-state index in [4.69, 9.17) is 10.3 Å². The Morgan fingerprint density at radius 2 is 2.00 bits per heavy atom. The van der Waals surface area contributed by atoms with E-state index in [2.05, 4.69) is 29.7 Å². The van der Waals surface area contributed by atoms with Crippen LogP contribution in [0.2, 0.25) is 0 Å². The third-order valence-corrected chi connectivity index (χ3v) is 3.89. The maximum Gasteiger partial charge on any atom is 0.122 e. The number of hydrogen-bond acceptors (Lipinski definition) is 3. The van der Waals surface area contributed by atoms with Gasteiger partial charge in [0, 0.05) is 0 Å². The zero-order chi connectivity index (χ0) is 12.4. The molecule has 0 amide bonds. The average molecular weight is 242 g/mol. The Labute approximate surface area is 107 Å². The molecule has 1 aromatic heterocycles.